The monoisotopic (exact) mass is 478 g/mol. The van der Waals surface area contributed by atoms with Gasteiger partial charge in [-0.15, -0.1) is 11.8 Å². The molecule has 7 nitrogen and oxygen atoms in total. The number of aromatic nitrogens is 1. The lowest BCUT2D eigenvalue weighted by atomic mass is 10.1. The molecule has 3 aromatic rings. The van der Waals surface area contributed by atoms with Crippen molar-refractivity contribution in [2.24, 2.45) is 4.99 Å². The number of hydrogen-bond donors (Lipinski definition) is 0. The lowest BCUT2D eigenvalue weighted by Gasteiger charge is -2.04. The number of benzene rings is 2. The Bertz CT molecular complexity index is 1290. The minimum atomic E-state index is -3.29. The predicted molar refractivity (Wildman–Crippen MR) is 122 cm³/mol. The first kappa shape index (κ1) is 23.2. The summed E-state index contributed by atoms with van der Waals surface area (Å²) in [6.07, 6.45) is 2.00. The maximum atomic E-state index is 12.6. The second-order valence-electron chi connectivity index (χ2n) is 6.61. The number of carbonyl (C=O) groups excluding carboxylic acids is 2. The molecule has 31 heavy (non-hydrogen) atoms. The highest BCUT2D eigenvalue weighted by atomic mass is 32.2. The van der Waals surface area contributed by atoms with Crippen LogP contribution in [0.4, 0.5) is 0 Å². The lowest BCUT2D eigenvalue weighted by molar-refractivity contribution is -0.141. The van der Waals surface area contributed by atoms with Gasteiger partial charge in [-0.2, -0.15) is 4.99 Å². The number of esters is 1. The number of thioether (sulfide) groups is 1. The molecular weight excluding hydrogens is 456 g/mol. The summed E-state index contributed by atoms with van der Waals surface area (Å²) in [6.45, 7) is 1.53. The summed E-state index contributed by atoms with van der Waals surface area (Å²) in [6, 6.07) is 12.1. The summed E-state index contributed by atoms with van der Waals surface area (Å²) in [5.41, 5.74) is 1.46. The second kappa shape index (κ2) is 9.80. The summed E-state index contributed by atoms with van der Waals surface area (Å²) in [7, 11) is -1.97. The van der Waals surface area contributed by atoms with Gasteiger partial charge in [0, 0.05) is 4.90 Å². The molecule has 0 spiro atoms. The molecule has 0 unspecified atom stereocenters. The predicted octanol–water partition coefficient (Wildman–Crippen LogP) is 3.06. The van der Waals surface area contributed by atoms with Gasteiger partial charge < -0.3 is 9.30 Å². The molecule has 1 aromatic heterocycles. The molecule has 0 aliphatic rings. The third kappa shape index (κ3) is 5.44. The number of nitrogens with zero attached hydrogens (tertiary/aromatic N) is 2. The Morgan fingerprint density at radius 1 is 1.16 bits per heavy atom. The van der Waals surface area contributed by atoms with Crippen LogP contribution < -0.4 is 4.80 Å². The van der Waals surface area contributed by atoms with E-state index in [0.717, 1.165) is 15.1 Å². The van der Waals surface area contributed by atoms with Gasteiger partial charge >= 0.3 is 5.97 Å². The van der Waals surface area contributed by atoms with E-state index in [1.165, 1.54) is 30.6 Å². The molecule has 164 valence electrons. The summed E-state index contributed by atoms with van der Waals surface area (Å²) in [4.78, 5) is 30.5. The standard InChI is InChI=1S/C21H22N2O5S3/c1-4-31(26,27)16-8-5-14(6-9-16)11-19(24)22-21-23(13-20(25)28-2)17-10-7-15(29-3)12-18(17)30-21/h5-10,12H,4,11,13H2,1-3H3. The number of hydrogen-bond acceptors (Lipinski definition) is 7. The molecule has 10 heteroatoms. The Morgan fingerprint density at radius 2 is 1.87 bits per heavy atom. The number of carbonyl (C=O) groups is 2. The zero-order valence-electron chi connectivity index (χ0n) is 17.3. The summed E-state index contributed by atoms with van der Waals surface area (Å²) in [5.74, 6) is -0.804. The van der Waals surface area contributed by atoms with Crippen molar-refractivity contribution >= 4 is 55.0 Å². The Kier molecular flexibility index (Phi) is 7.34. The van der Waals surface area contributed by atoms with Gasteiger partial charge in [0.2, 0.25) is 0 Å². The van der Waals surface area contributed by atoms with Crippen LogP contribution in [0.15, 0.2) is 57.2 Å². The van der Waals surface area contributed by atoms with Gasteiger partial charge in [-0.05, 0) is 42.2 Å². The Morgan fingerprint density at radius 3 is 2.48 bits per heavy atom. The fourth-order valence-electron chi connectivity index (χ4n) is 2.91. The second-order valence-corrected chi connectivity index (χ2v) is 10.8. The van der Waals surface area contributed by atoms with E-state index in [2.05, 4.69) is 4.99 Å². The van der Waals surface area contributed by atoms with Crippen LogP contribution >= 0.6 is 23.1 Å². The molecule has 0 aliphatic heterocycles. The van der Waals surface area contributed by atoms with Gasteiger partial charge in [0.15, 0.2) is 14.6 Å². The van der Waals surface area contributed by atoms with Crippen molar-refractivity contribution < 1.29 is 22.7 Å². The molecule has 2 aromatic carbocycles. The molecular formula is C21H22N2O5S3. The Hall–Kier alpha value is -2.43. The summed E-state index contributed by atoms with van der Waals surface area (Å²) >= 11 is 2.93. The van der Waals surface area contributed by atoms with Crippen molar-refractivity contribution in [3.8, 4) is 0 Å². The fourth-order valence-corrected chi connectivity index (χ4v) is 5.40. The minimum Gasteiger partial charge on any atom is -0.468 e. The van der Waals surface area contributed by atoms with Gasteiger partial charge in [0.1, 0.15) is 6.54 Å². The van der Waals surface area contributed by atoms with Crippen LogP contribution in [0.2, 0.25) is 0 Å². The van der Waals surface area contributed by atoms with Gasteiger partial charge in [-0.3, -0.25) is 9.59 Å². The van der Waals surface area contributed by atoms with E-state index >= 15 is 0 Å². The topological polar surface area (TPSA) is 94.8 Å². The Balaban J connectivity index is 1.94. The van der Waals surface area contributed by atoms with Gasteiger partial charge in [-0.1, -0.05) is 30.4 Å². The molecule has 0 bridgehead atoms. The summed E-state index contributed by atoms with van der Waals surface area (Å²) < 4.78 is 31.2. The SMILES string of the molecule is CCS(=O)(=O)c1ccc(CC(=O)N=c2sc3cc(SC)ccc3n2CC(=O)OC)cc1. The normalized spacial score (nSPS) is 12.3. The molecule has 0 atom stereocenters. The van der Waals surface area contributed by atoms with Crippen LogP contribution in [-0.4, -0.2) is 44.0 Å². The number of sulfone groups is 1. The van der Waals surface area contributed by atoms with Crippen molar-refractivity contribution in [1.29, 1.82) is 0 Å². The molecule has 1 heterocycles. The highest BCUT2D eigenvalue weighted by Gasteiger charge is 2.14. The van der Waals surface area contributed by atoms with Crippen LogP contribution in [0, 0.1) is 0 Å². The van der Waals surface area contributed by atoms with Crippen molar-refractivity contribution in [2.75, 3.05) is 19.1 Å². The third-order valence-corrected chi connectivity index (χ3v) is 8.16. The maximum Gasteiger partial charge on any atom is 0.325 e. The molecule has 0 saturated carbocycles. The van der Waals surface area contributed by atoms with Crippen molar-refractivity contribution in [1.82, 2.24) is 4.57 Å². The number of methoxy groups -OCH3 is 1. The van der Waals surface area contributed by atoms with Crippen molar-refractivity contribution in [2.45, 2.75) is 29.7 Å². The van der Waals surface area contributed by atoms with Gasteiger partial charge in [0.25, 0.3) is 5.91 Å². The van der Waals surface area contributed by atoms with Crippen LogP contribution in [0.1, 0.15) is 12.5 Å². The van der Waals surface area contributed by atoms with Crippen molar-refractivity contribution in [3.63, 3.8) is 0 Å². The molecule has 0 radical (unpaired) electrons. The number of thiazole rings is 1. The van der Waals surface area contributed by atoms with E-state index in [4.69, 9.17) is 4.74 Å². The van der Waals surface area contributed by atoms with E-state index in [-0.39, 0.29) is 29.5 Å². The number of fused-ring (bicyclic) bond motifs is 1. The van der Waals surface area contributed by atoms with Crippen LogP contribution in [0.25, 0.3) is 10.2 Å². The van der Waals surface area contributed by atoms with E-state index in [1.807, 2.05) is 24.5 Å². The number of ether oxygens (including phenoxy) is 1. The highest BCUT2D eigenvalue weighted by Crippen LogP contribution is 2.24. The van der Waals surface area contributed by atoms with E-state index in [0.29, 0.717) is 10.4 Å². The van der Waals surface area contributed by atoms with Crippen LogP contribution in [-0.2, 0) is 37.1 Å². The molecule has 0 saturated heterocycles. The number of amides is 1. The molecule has 1 amide bonds. The van der Waals surface area contributed by atoms with Gasteiger partial charge in [-0.25, -0.2) is 8.42 Å². The lowest BCUT2D eigenvalue weighted by Crippen LogP contribution is -2.22. The van der Waals surface area contributed by atoms with E-state index < -0.39 is 15.8 Å². The first-order valence-corrected chi connectivity index (χ1v) is 13.1. The zero-order chi connectivity index (χ0) is 22.6. The van der Waals surface area contributed by atoms with Crippen molar-refractivity contribution in [3.05, 3.63) is 52.8 Å². The average Bonchev–Trinajstić information content (AvgIpc) is 3.09. The molecule has 0 aliphatic carbocycles. The first-order valence-electron chi connectivity index (χ1n) is 9.41. The van der Waals surface area contributed by atoms with E-state index in [9.17, 15) is 18.0 Å². The van der Waals surface area contributed by atoms with Crippen LogP contribution in [0.3, 0.4) is 0 Å². The number of rotatable bonds is 7. The van der Waals surface area contributed by atoms with E-state index in [1.54, 1.807) is 35.4 Å². The first-order chi connectivity index (χ1) is 14.8. The third-order valence-electron chi connectivity index (χ3n) is 4.64. The largest absolute Gasteiger partial charge is 0.468 e. The smallest absolute Gasteiger partial charge is 0.325 e. The highest BCUT2D eigenvalue weighted by molar-refractivity contribution is 7.98. The minimum absolute atomic E-state index is 0.0188. The zero-order valence-corrected chi connectivity index (χ0v) is 19.8. The molecule has 3 rings (SSSR count). The average molecular weight is 479 g/mol. The Labute approximate surface area is 188 Å². The summed E-state index contributed by atoms with van der Waals surface area (Å²) in [5, 5.41) is 0. The van der Waals surface area contributed by atoms with Crippen LogP contribution in [0.5, 0.6) is 0 Å². The fraction of sp³-hybridized carbons (Fsp3) is 0.286. The molecule has 0 N–H and O–H groups in total. The quantitative estimate of drug-likeness (QED) is 0.383. The molecule has 0 fully saturated rings. The van der Waals surface area contributed by atoms with Gasteiger partial charge in [0.05, 0.1) is 34.4 Å². The maximum absolute atomic E-state index is 12.6.